The Kier molecular flexibility index (Phi) is 14.5. The maximum atomic E-state index is 14.2. The van der Waals surface area contributed by atoms with E-state index in [1.54, 1.807) is 24.3 Å². The van der Waals surface area contributed by atoms with Gasteiger partial charge in [-0.25, -0.2) is 27.9 Å². The standard InChI is InChI=1S/C72H58N4O6/c77-71-67-5-1-3-65-59-15-7-51(8-16-59)47-73-35-27-55(28-36-73)56-29-37-74(38-30-56)48-52-9-17-60(18-10-52)66-4-2-6-68(72(78)82-46-44-80-64-25-23-63(24-26-64)79-43-45-81-71)70(66)62-21-13-54(14-22-62)50-76-41-33-58(34-42-76)57-31-39-75(40-32-57)49-53-11-19-61(20-12-53)69(65)67/h1-42H,43-50H2/q+4. The number of aromatic nitrogens is 4. The molecule has 0 radical (unpaired) electrons. The molecule has 11 aromatic rings. The van der Waals surface area contributed by atoms with Crippen molar-refractivity contribution < 1.29 is 46.8 Å². The van der Waals surface area contributed by atoms with Crippen LogP contribution in [0.5, 0.6) is 11.5 Å². The van der Waals surface area contributed by atoms with Gasteiger partial charge in [0.25, 0.3) is 0 Å². The summed E-state index contributed by atoms with van der Waals surface area (Å²) in [5.74, 6) is 0.299. The molecule has 24 bridgehead atoms. The van der Waals surface area contributed by atoms with Crippen LogP contribution in [0.1, 0.15) is 43.0 Å². The molecule has 15 aliphatic heterocycles. The van der Waals surface area contributed by atoms with E-state index in [2.05, 4.69) is 226 Å². The molecule has 0 saturated carbocycles. The summed E-state index contributed by atoms with van der Waals surface area (Å²) < 4.78 is 32.7. The lowest BCUT2D eigenvalue weighted by Crippen LogP contribution is -2.33. The molecule has 0 spiro atoms. The van der Waals surface area contributed by atoms with Gasteiger partial charge < -0.3 is 18.9 Å². The summed E-state index contributed by atoms with van der Waals surface area (Å²) in [4.78, 5) is 28.4. The van der Waals surface area contributed by atoms with Crippen molar-refractivity contribution >= 4 is 11.9 Å². The van der Waals surface area contributed by atoms with Crippen LogP contribution < -0.4 is 27.7 Å². The van der Waals surface area contributed by atoms with Crippen molar-refractivity contribution in [2.45, 2.75) is 26.2 Å². The minimum Gasteiger partial charge on any atom is -0.490 e. The molecule has 0 fully saturated rings. The first kappa shape index (κ1) is 51.1. The topological polar surface area (TPSA) is 86.6 Å². The molecule has 4 aromatic heterocycles. The van der Waals surface area contributed by atoms with E-state index >= 15 is 0 Å². The Balaban J connectivity index is 0.887. The maximum Gasteiger partial charge on any atom is 0.338 e. The van der Waals surface area contributed by atoms with E-state index in [1.807, 2.05) is 24.3 Å². The summed E-state index contributed by atoms with van der Waals surface area (Å²) in [6, 6.07) is 70.1. The van der Waals surface area contributed by atoms with E-state index in [-0.39, 0.29) is 26.4 Å². The summed E-state index contributed by atoms with van der Waals surface area (Å²) in [6.45, 7) is 3.06. The molecule has 398 valence electrons. The summed E-state index contributed by atoms with van der Waals surface area (Å²) >= 11 is 0. The zero-order valence-corrected chi connectivity index (χ0v) is 45.1. The Morgan fingerprint density at radius 1 is 0.244 bits per heavy atom. The van der Waals surface area contributed by atoms with Crippen LogP contribution in [-0.4, -0.2) is 38.4 Å². The normalized spacial score (nSPS) is 13.4. The summed E-state index contributed by atoms with van der Waals surface area (Å²) in [5.41, 5.74) is 17.2. The molecule has 7 aromatic carbocycles. The smallest absolute Gasteiger partial charge is 0.338 e. The van der Waals surface area contributed by atoms with E-state index in [9.17, 15) is 9.59 Å². The van der Waals surface area contributed by atoms with Crippen LogP contribution in [0.15, 0.2) is 256 Å². The van der Waals surface area contributed by atoms with Gasteiger partial charge in [-0.05, 0) is 92.0 Å². The highest BCUT2D eigenvalue weighted by atomic mass is 16.6. The van der Waals surface area contributed by atoms with Gasteiger partial charge in [0.05, 0.1) is 11.1 Å². The van der Waals surface area contributed by atoms with Gasteiger partial charge >= 0.3 is 11.9 Å². The predicted molar refractivity (Wildman–Crippen MR) is 314 cm³/mol. The van der Waals surface area contributed by atoms with Crippen molar-refractivity contribution in [1.29, 1.82) is 0 Å². The number of ether oxygens (including phenoxy) is 4. The quantitative estimate of drug-likeness (QED) is 0.111. The summed E-state index contributed by atoms with van der Waals surface area (Å²) in [6.07, 6.45) is 16.9. The van der Waals surface area contributed by atoms with Crippen LogP contribution in [-0.2, 0) is 35.7 Å². The molecule has 19 heterocycles. The molecule has 0 aliphatic carbocycles. The predicted octanol–water partition coefficient (Wildman–Crippen LogP) is 12.1. The molecule has 0 saturated heterocycles. The number of esters is 2. The van der Waals surface area contributed by atoms with Gasteiger partial charge in [0, 0.05) is 81.9 Å². The van der Waals surface area contributed by atoms with Gasteiger partial charge in [0.1, 0.15) is 37.9 Å². The minimum absolute atomic E-state index is 0.0340. The monoisotopic (exact) mass is 1070 g/mol. The average molecular weight is 1080 g/mol. The molecular formula is C72H58N4O6+4. The van der Waals surface area contributed by atoms with Crippen LogP contribution in [0, 0.1) is 0 Å². The zero-order chi connectivity index (χ0) is 55.2. The third-order valence-electron chi connectivity index (χ3n) is 15.3. The lowest BCUT2D eigenvalue weighted by atomic mass is 9.89. The Bertz CT molecular complexity index is 3790. The van der Waals surface area contributed by atoms with Crippen molar-refractivity contribution in [2.24, 2.45) is 0 Å². The van der Waals surface area contributed by atoms with Gasteiger partial charge in [-0.2, -0.15) is 0 Å². The fourth-order valence-corrected chi connectivity index (χ4v) is 10.9. The SMILES string of the molecule is O=C1OCCOc2ccc(cc2)OCCOC(=O)c2cccc3c2-c2ccc(cc2)C[n+]2ccc(cc2)-c2cc[n+](cc2)Cc2ccc(cc2)-c2c1cccc2-c1ccc(cc1)C[n+]1ccc(cc1)-c1cc[n+](cc1)Cc1ccc-3cc1. The maximum absolute atomic E-state index is 14.2. The number of fused-ring (bicyclic) bond motifs is 5. The van der Waals surface area contributed by atoms with E-state index in [0.29, 0.717) is 48.8 Å². The third-order valence-corrected chi connectivity index (χ3v) is 15.3. The number of rotatable bonds is 0. The second kappa shape index (κ2) is 23.2. The molecule has 0 atom stereocenters. The number of hydrogen-bond donors (Lipinski definition) is 0. The number of pyridine rings is 4. The Hall–Kier alpha value is -10.3. The van der Waals surface area contributed by atoms with Gasteiger partial charge in [-0.3, -0.25) is 0 Å². The van der Waals surface area contributed by atoms with Gasteiger partial charge in [0.15, 0.2) is 75.8 Å². The van der Waals surface area contributed by atoms with Crippen molar-refractivity contribution in [3.63, 3.8) is 0 Å². The highest BCUT2D eigenvalue weighted by Crippen LogP contribution is 2.38. The minimum atomic E-state index is -0.442. The molecular weight excluding hydrogens is 1020 g/mol. The molecule has 10 nitrogen and oxygen atoms in total. The number of benzene rings is 7. The lowest BCUT2D eigenvalue weighted by Gasteiger charge is -2.16. The van der Waals surface area contributed by atoms with Crippen molar-refractivity contribution in [3.8, 4) is 78.3 Å². The van der Waals surface area contributed by atoms with Gasteiger partial charge in [-0.15, -0.1) is 0 Å². The lowest BCUT2D eigenvalue weighted by molar-refractivity contribution is -0.688. The zero-order valence-electron chi connectivity index (χ0n) is 45.1. The van der Waals surface area contributed by atoms with E-state index in [0.717, 1.165) is 89.0 Å². The van der Waals surface area contributed by atoms with Crippen molar-refractivity contribution in [3.05, 3.63) is 289 Å². The summed E-state index contributed by atoms with van der Waals surface area (Å²) in [7, 11) is 0. The molecule has 82 heavy (non-hydrogen) atoms. The highest BCUT2D eigenvalue weighted by Gasteiger charge is 2.23. The van der Waals surface area contributed by atoms with Crippen LogP contribution in [0.25, 0.3) is 66.8 Å². The number of hydrogen-bond acceptors (Lipinski definition) is 6. The van der Waals surface area contributed by atoms with Crippen molar-refractivity contribution in [2.75, 3.05) is 26.4 Å². The average Bonchev–Trinajstić information content (AvgIpc) is 3.65. The second-order valence-electron chi connectivity index (χ2n) is 20.7. The van der Waals surface area contributed by atoms with Gasteiger partial charge in [-0.1, -0.05) is 121 Å². The Morgan fingerprint density at radius 2 is 0.500 bits per heavy atom. The molecule has 15 aliphatic rings. The third kappa shape index (κ3) is 11.4. The Labute approximate surface area is 476 Å². The number of carbonyl (C=O) groups excluding carboxylic acids is 2. The molecule has 26 rings (SSSR count). The summed E-state index contributed by atoms with van der Waals surface area (Å²) in [5, 5.41) is 0. The van der Waals surface area contributed by atoms with Gasteiger partial charge in [0.2, 0.25) is 0 Å². The first-order valence-corrected chi connectivity index (χ1v) is 27.7. The molecule has 10 heteroatoms. The van der Waals surface area contributed by atoms with E-state index in [4.69, 9.17) is 18.9 Å². The van der Waals surface area contributed by atoms with Crippen molar-refractivity contribution in [1.82, 2.24) is 0 Å². The number of carbonyl (C=O) groups is 2. The first-order valence-electron chi connectivity index (χ1n) is 27.7. The van der Waals surface area contributed by atoms with Crippen LogP contribution in [0.4, 0.5) is 0 Å². The largest absolute Gasteiger partial charge is 0.490 e. The van der Waals surface area contributed by atoms with Crippen LogP contribution in [0.2, 0.25) is 0 Å². The molecule has 0 unspecified atom stereocenters. The fourth-order valence-electron chi connectivity index (χ4n) is 10.9. The second-order valence-corrected chi connectivity index (χ2v) is 20.7. The highest BCUT2D eigenvalue weighted by molar-refractivity contribution is 6.03. The Morgan fingerprint density at radius 3 is 0.793 bits per heavy atom. The van der Waals surface area contributed by atoms with E-state index < -0.39 is 11.9 Å². The van der Waals surface area contributed by atoms with E-state index in [1.165, 1.54) is 0 Å². The first-order chi connectivity index (χ1) is 40.4. The number of nitrogens with zero attached hydrogens (tertiary/aromatic N) is 4. The van der Waals surface area contributed by atoms with Crippen LogP contribution in [0.3, 0.4) is 0 Å². The fraction of sp³-hybridized carbons (Fsp3) is 0.111. The molecule has 0 amide bonds. The van der Waals surface area contributed by atoms with Crippen LogP contribution >= 0.6 is 0 Å². The molecule has 0 N–H and O–H groups in total.